The molecular formula is C9H11NO. The first-order chi connectivity index (χ1) is 5.29. The molecule has 1 saturated heterocycles. The van der Waals surface area contributed by atoms with Crippen LogP contribution < -0.4 is 0 Å². The van der Waals surface area contributed by atoms with Crippen molar-refractivity contribution < 1.29 is 4.79 Å². The van der Waals surface area contributed by atoms with Crippen molar-refractivity contribution >= 4 is 5.91 Å². The van der Waals surface area contributed by atoms with Gasteiger partial charge in [-0.05, 0) is 12.5 Å². The van der Waals surface area contributed by atoms with Gasteiger partial charge < -0.3 is 4.90 Å². The Morgan fingerprint density at radius 1 is 1.64 bits per heavy atom. The van der Waals surface area contributed by atoms with E-state index in [1.807, 2.05) is 19.2 Å². The lowest BCUT2D eigenvalue weighted by molar-refractivity contribution is -0.125. The average molecular weight is 149 g/mol. The molecule has 1 heterocycles. The van der Waals surface area contributed by atoms with Crippen molar-refractivity contribution in [1.29, 1.82) is 0 Å². The molecule has 2 aliphatic rings. The monoisotopic (exact) mass is 149 g/mol. The topological polar surface area (TPSA) is 20.3 Å². The number of hydrogen-bond donors (Lipinski definition) is 0. The Kier molecular flexibility index (Phi) is 1.34. The maximum Gasteiger partial charge on any atom is 0.227 e. The standard InChI is InChI=1S/C9H11NO/c1-10-8-5-3-2-4-7(8)6-9(10)11/h2-3,5,7H,4,6H2,1H3. The van der Waals surface area contributed by atoms with E-state index in [0.717, 1.165) is 6.42 Å². The van der Waals surface area contributed by atoms with Crippen molar-refractivity contribution in [2.24, 2.45) is 5.92 Å². The first-order valence-electron chi connectivity index (χ1n) is 3.92. The molecule has 0 aromatic rings. The third-order valence-corrected chi connectivity index (χ3v) is 2.42. The number of carbonyl (C=O) groups is 1. The van der Waals surface area contributed by atoms with Crippen molar-refractivity contribution in [3.63, 3.8) is 0 Å². The number of nitrogens with zero attached hydrogens (tertiary/aromatic N) is 1. The smallest absolute Gasteiger partial charge is 0.227 e. The maximum absolute atomic E-state index is 11.2. The van der Waals surface area contributed by atoms with E-state index in [-0.39, 0.29) is 5.91 Å². The molecule has 0 N–H and O–H groups in total. The van der Waals surface area contributed by atoms with Gasteiger partial charge in [-0.1, -0.05) is 12.2 Å². The molecule has 2 rings (SSSR count). The molecule has 0 bridgehead atoms. The van der Waals surface area contributed by atoms with Crippen molar-refractivity contribution in [2.75, 3.05) is 7.05 Å². The molecule has 0 aromatic heterocycles. The predicted molar refractivity (Wildman–Crippen MR) is 42.7 cm³/mol. The first-order valence-corrected chi connectivity index (χ1v) is 3.92. The van der Waals surface area contributed by atoms with Crippen LogP contribution in [0.1, 0.15) is 12.8 Å². The van der Waals surface area contributed by atoms with Gasteiger partial charge in [0, 0.05) is 25.1 Å². The van der Waals surface area contributed by atoms with Crippen LogP contribution in [0.3, 0.4) is 0 Å². The zero-order valence-corrected chi connectivity index (χ0v) is 6.58. The summed E-state index contributed by atoms with van der Waals surface area (Å²) < 4.78 is 0. The highest BCUT2D eigenvalue weighted by molar-refractivity contribution is 5.82. The summed E-state index contributed by atoms with van der Waals surface area (Å²) >= 11 is 0. The molecular weight excluding hydrogens is 138 g/mol. The minimum absolute atomic E-state index is 0.255. The van der Waals surface area contributed by atoms with Gasteiger partial charge in [0.05, 0.1) is 0 Å². The van der Waals surface area contributed by atoms with E-state index in [4.69, 9.17) is 0 Å². The van der Waals surface area contributed by atoms with E-state index in [1.165, 1.54) is 5.70 Å². The number of hydrogen-bond acceptors (Lipinski definition) is 1. The highest BCUT2D eigenvalue weighted by Gasteiger charge is 2.31. The molecule has 0 spiro atoms. The Morgan fingerprint density at radius 2 is 2.45 bits per heavy atom. The summed E-state index contributed by atoms with van der Waals surface area (Å²) in [6.45, 7) is 0. The van der Waals surface area contributed by atoms with Crippen LogP contribution in [0.4, 0.5) is 0 Å². The number of likely N-dealkylation sites (tertiary alicyclic amines) is 1. The molecule has 1 aliphatic carbocycles. The molecule has 2 nitrogen and oxygen atoms in total. The van der Waals surface area contributed by atoms with E-state index >= 15 is 0 Å². The normalized spacial score (nSPS) is 28.8. The summed E-state index contributed by atoms with van der Waals surface area (Å²) in [6.07, 6.45) is 7.93. The van der Waals surface area contributed by atoms with Crippen molar-refractivity contribution in [3.05, 3.63) is 23.9 Å². The third-order valence-electron chi connectivity index (χ3n) is 2.42. The van der Waals surface area contributed by atoms with E-state index in [9.17, 15) is 4.79 Å². The fourth-order valence-electron chi connectivity index (χ4n) is 1.73. The van der Waals surface area contributed by atoms with Crippen LogP contribution in [0, 0.1) is 5.92 Å². The summed E-state index contributed by atoms with van der Waals surface area (Å²) in [7, 11) is 1.85. The molecule has 0 saturated carbocycles. The summed E-state index contributed by atoms with van der Waals surface area (Å²) in [4.78, 5) is 13.0. The maximum atomic E-state index is 11.2. The Hall–Kier alpha value is -1.05. The zero-order chi connectivity index (χ0) is 7.84. The van der Waals surface area contributed by atoms with Crippen LogP contribution in [-0.4, -0.2) is 17.9 Å². The van der Waals surface area contributed by atoms with Crippen LogP contribution >= 0.6 is 0 Å². The SMILES string of the molecule is CN1C(=O)CC2CC=CC=C21. The Bertz CT molecular complexity index is 252. The first kappa shape index (κ1) is 6.65. The number of rotatable bonds is 0. The molecule has 1 amide bonds. The highest BCUT2D eigenvalue weighted by atomic mass is 16.2. The van der Waals surface area contributed by atoms with Gasteiger partial charge in [0.15, 0.2) is 0 Å². The zero-order valence-electron chi connectivity index (χ0n) is 6.58. The molecule has 1 unspecified atom stereocenters. The van der Waals surface area contributed by atoms with E-state index in [2.05, 4.69) is 6.08 Å². The Labute approximate surface area is 66.2 Å². The van der Waals surface area contributed by atoms with Crippen molar-refractivity contribution in [2.45, 2.75) is 12.8 Å². The fraction of sp³-hybridized carbons (Fsp3) is 0.444. The molecule has 1 atom stereocenters. The van der Waals surface area contributed by atoms with E-state index < -0.39 is 0 Å². The minimum Gasteiger partial charge on any atom is -0.319 e. The van der Waals surface area contributed by atoms with Crippen LogP contribution in [0.2, 0.25) is 0 Å². The van der Waals surface area contributed by atoms with Crippen LogP contribution in [0.25, 0.3) is 0 Å². The van der Waals surface area contributed by atoms with Crippen LogP contribution in [0.5, 0.6) is 0 Å². The number of allylic oxidation sites excluding steroid dienone is 4. The Balaban J connectivity index is 2.32. The number of fused-ring (bicyclic) bond motifs is 1. The van der Waals surface area contributed by atoms with Crippen LogP contribution in [0.15, 0.2) is 23.9 Å². The van der Waals surface area contributed by atoms with Gasteiger partial charge in [-0.2, -0.15) is 0 Å². The second kappa shape index (κ2) is 2.22. The molecule has 1 aliphatic heterocycles. The highest BCUT2D eigenvalue weighted by Crippen LogP contribution is 2.32. The third kappa shape index (κ3) is 0.897. The second-order valence-electron chi connectivity index (χ2n) is 3.11. The van der Waals surface area contributed by atoms with Crippen molar-refractivity contribution in [1.82, 2.24) is 4.90 Å². The van der Waals surface area contributed by atoms with Gasteiger partial charge in [-0.15, -0.1) is 0 Å². The lowest BCUT2D eigenvalue weighted by Crippen LogP contribution is -2.17. The lowest BCUT2D eigenvalue weighted by atomic mass is 9.97. The summed E-state index contributed by atoms with van der Waals surface area (Å²) in [6, 6.07) is 0. The quantitative estimate of drug-likeness (QED) is 0.508. The summed E-state index contributed by atoms with van der Waals surface area (Å²) in [5.41, 5.74) is 1.19. The second-order valence-corrected chi connectivity index (χ2v) is 3.11. The minimum atomic E-state index is 0.255. The van der Waals surface area contributed by atoms with Crippen LogP contribution in [-0.2, 0) is 4.79 Å². The van der Waals surface area contributed by atoms with Gasteiger partial charge in [0.1, 0.15) is 0 Å². The predicted octanol–water partition coefficient (Wildman–Crippen LogP) is 1.31. The molecule has 0 radical (unpaired) electrons. The van der Waals surface area contributed by atoms with Gasteiger partial charge in [0.2, 0.25) is 5.91 Å². The molecule has 58 valence electrons. The van der Waals surface area contributed by atoms with Gasteiger partial charge in [0.25, 0.3) is 0 Å². The lowest BCUT2D eigenvalue weighted by Gasteiger charge is -2.16. The molecule has 11 heavy (non-hydrogen) atoms. The summed E-state index contributed by atoms with van der Waals surface area (Å²) in [5, 5.41) is 0. The largest absolute Gasteiger partial charge is 0.319 e. The molecule has 0 aromatic carbocycles. The van der Waals surface area contributed by atoms with Gasteiger partial charge >= 0.3 is 0 Å². The fourth-order valence-corrected chi connectivity index (χ4v) is 1.73. The van der Waals surface area contributed by atoms with Gasteiger partial charge in [-0.3, -0.25) is 4.79 Å². The Morgan fingerprint density at radius 3 is 3.18 bits per heavy atom. The van der Waals surface area contributed by atoms with E-state index in [1.54, 1.807) is 4.90 Å². The average Bonchev–Trinajstić information content (AvgIpc) is 2.30. The molecule has 2 heteroatoms. The summed E-state index contributed by atoms with van der Waals surface area (Å²) in [5.74, 6) is 0.724. The number of carbonyl (C=O) groups excluding carboxylic acids is 1. The molecule has 1 fully saturated rings. The number of amides is 1. The van der Waals surface area contributed by atoms with E-state index in [0.29, 0.717) is 12.3 Å². The van der Waals surface area contributed by atoms with Crippen molar-refractivity contribution in [3.8, 4) is 0 Å². The van der Waals surface area contributed by atoms with Gasteiger partial charge in [-0.25, -0.2) is 0 Å².